The number of rotatable bonds is 3. The molecule has 4 heteroatoms. The first kappa shape index (κ1) is 15.2. The number of fused-ring (bicyclic) bond motifs is 1. The van der Waals surface area contributed by atoms with Crippen molar-refractivity contribution < 1.29 is 9.59 Å². The Bertz CT molecular complexity index is 601. The summed E-state index contributed by atoms with van der Waals surface area (Å²) in [6.07, 6.45) is 2.32. The average Bonchev–Trinajstić information content (AvgIpc) is 2.74. The van der Waals surface area contributed by atoms with E-state index in [-0.39, 0.29) is 11.7 Å². The van der Waals surface area contributed by atoms with Crippen LogP contribution < -0.4 is 4.90 Å². The second kappa shape index (κ2) is 5.84. The van der Waals surface area contributed by atoms with Crippen LogP contribution in [0.25, 0.3) is 0 Å². The molecule has 1 saturated heterocycles. The molecule has 0 atom stereocenters. The van der Waals surface area contributed by atoms with Crippen molar-refractivity contribution in [3.63, 3.8) is 0 Å². The maximum absolute atomic E-state index is 12.3. The maximum Gasteiger partial charge on any atom is 0.300 e. The van der Waals surface area contributed by atoms with E-state index in [4.69, 9.17) is 0 Å². The summed E-state index contributed by atoms with van der Waals surface area (Å²) < 4.78 is 0. The minimum atomic E-state index is -0.380. The van der Waals surface area contributed by atoms with Crippen LogP contribution in [-0.2, 0) is 4.79 Å². The highest BCUT2D eigenvalue weighted by Gasteiger charge is 2.37. The van der Waals surface area contributed by atoms with Crippen molar-refractivity contribution in [3.05, 3.63) is 29.3 Å². The smallest absolute Gasteiger partial charge is 0.291 e. The average molecular weight is 300 g/mol. The van der Waals surface area contributed by atoms with Crippen LogP contribution in [0.15, 0.2) is 18.2 Å². The first-order chi connectivity index (χ1) is 10.5. The van der Waals surface area contributed by atoms with Gasteiger partial charge in [-0.2, -0.15) is 0 Å². The van der Waals surface area contributed by atoms with Crippen molar-refractivity contribution >= 4 is 17.4 Å². The Balaban J connectivity index is 1.82. The zero-order chi connectivity index (χ0) is 15.9. The molecule has 118 valence electrons. The first-order valence-corrected chi connectivity index (χ1v) is 8.20. The number of amides is 1. The third-order valence-corrected chi connectivity index (χ3v) is 4.88. The zero-order valence-electron chi connectivity index (χ0n) is 13.6. The third kappa shape index (κ3) is 2.68. The van der Waals surface area contributed by atoms with Crippen molar-refractivity contribution in [1.29, 1.82) is 0 Å². The van der Waals surface area contributed by atoms with E-state index in [1.165, 1.54) is 0 Å². The molecule has 0 N–H and O–H groups in total. The second-order valence-electron chi connectivity index (χ2n) is 6.94. The van der Waals surface area contributed by atoms with Crippen molar-refractivity contribution in [2.45, 2.75) is 39.5 Å². The summed E-state index contributed by atoms with van der Waals surface area (Å²) in [5.41, 5.74) is 2.45. The summed E-state index contributed by atoms with van der Waals surface area (Å²) in [6.45, 7) is 8.98. The lowest BCUT2D eigenvalue weighted by atomic mass is 9.99. The van der Waals surface area contributed by atoms with Gasteiger partial charge in [-0.3, -0.25) is 19.4 Å². The van der Waals surface area contributed by atoms with E-state index in [9.17, 15) is 9.59 Å². The summed E-state index contributed by atoms with van der Waals surface area (Å²) in [5.74, 6) is 0.372. The molecule has 0 aromatic heterocycles. The number of nitrogens with zero attached hydrogens (tertiary/aromatic N) is 2. The van der Waals surface area contributed by atoms with Crippen LogP contribution in [0.2, 0.25) is 0 Å². The number of hydrogen-bond donors (Lipinski definition) is 0. The van der Waals surface area contributed by atoms with E-state index in [2.05, 4.69) is 25.7 Å². The zero-order valence-corrected chi connectivity index (χ0v) is 13.6. The number of piperidine rings is 1. The number of carbonyl (C=O) groups is 2. The van der Waals surface area contributed by atoms with E-state index in [1.807, 2.05) is 18.2 Å². The van der Waals surface area contributed by atoms with Crippen LogP contribution in [-0.4, -0.2) is 36.3 Å². The summed E-state index contributed by atoms with van der Waals surface area (Å²) in [4.78, 5) is 28.5. The molecule has 1 amide bonds. The summed E-state index contributed by atoms with van der Waals surface area (Å²) in [5, 5.41) is 0. The Kier molecular flexibility index (Phi) is 4.04. The van der Waals surface area contributed by atoms with Gasteiger partial charge in [0.15, 0.2) is 0 Å². The molecule has 0 spiro atoms. The normalized spacial score (nSPS) is 20.1. The summed E-state index contributed by atoms with van der Waals surface area (Å²) in [7, 11) is 0. The summed E-state index contributed by atoms with van der Waals surface area (Å²) >= 11 is 0. The molecule has 1 aromatic rings. The Morgan fingerprint density at radius 1 is 1.18 bits per heavy atom. The van der Waals surface area contributed by atoms with Gasteiger partial charge in [-0.15, -0.1) is 0 Å². The molecule has 0 bridgehead atoms. The van der Waals surface area contributed by atoms with Crippen LogP contribution >= 0.6 is 0 Å². The fraction of sp³-hybridized carbons (Fsp3) is 0.556. The predicted octanol–water partition coefficient (Wildman–Crippen LogP) is 3.03. The SMILES string of the molecule is CC1CCN(CN2C(=O)C(=O)c3cc(C(C)C)ccc32)CC1. The predicted molar refractivity (Wildman–Crippen MR) is 87.2 cm³/mol. The molecule has 0 unspecified atom stereocenters. The van der Waals surface area contributed by atoms with Crippen LogP contribution in [0, 0.1) is 5.92 Å². The summed E-state index contributed by atoms with van der Waals surface area (Å²) in [6, 6.07) is 5.85. The Morgan fingerprint density at radius 2 is 1.86 bits per heavy atom. The number of likely N-dealkylation sites (tertiary alicyclic amines) is 1. The molecule has 4 nitrogen and oxygen atoms in total. The van der Waals surface area contributed by atoms with E-state index in [0.717, 1.165) is 43.1 Å². The molecule has 0 saturated carbocycles. The van der Waals surface area contributed by atoms with Crippen LogP contribution in [0.3, 0.4) is 0 Å². The van der Waals surface area contributed by atoms with Gasteiger partial charge >= 0.3 is 5.91 Å². The Labute approximate surface area is 132 Å². The van der Waals surface area contributed by atoms with Gasteiger partial charge in [0.2, 0.25) is 0 Å². The molecule has 3 rings (SSSR count). The standard InChI is InChI=1S/C18H24N2O2/c1-12(2)14-4-5-16-15(10-14)17(21)18(22)20(16)11-19-8-6-13(3)7-9-19/h4-5,10,12-13H,6-9,11H2,1-3H3. The fourth-order valence-electron chi connectivity index (χ4n) is 3.22. The van der Waals surface area contributed by atoms with Gasteiger partial charge in [0, 0.05) is 13.1 Å². The molecule has 2 heterocycles. The van der Waals surface area contributed by atoms with Gasteiger partial charge in [-0.05, 0) is 42.4 Å². The van der Waals surface area contributed by atoms with Crippen molar-refractivity contribution in [1.82, 2.24) is 4.90 Å². The molecule has 0 radical (unpaired) electrons. The van der Waals surface area contributed by atoms with E-state index >= 15 is 0 Å². The van der Waals surface area contributed by atoms with Gasteiger partial charge in [-0.25, -0.2) is 0 Å². The number of ketones is 1. The van der Waals surface area contributed by atoms with Crippen LogP contribution in [0.1, 0.15) is 55.5 Å². The van der Waals surface area contributed by atoms with Crippen LogP contribution in [0.5, 0.6) is 0 Å². The topological polar surface area (TPSA) is 40.6 Å². The second-order valence-corrected chi connectivity index (χ2v) is 6.94. The lowest BCUT2D eigenvalue weighted by Crippen LogP contribution is -2.44. The van der Waals surface area contributed by atoms with Crippen LogP contribution in [0.4, 0.5) is 5.69 Å². The van der Waals surface area contributed by atoms with E-state index in [1.54, 1.807) is 4.90 Å². The highest BCUT2D eigenvalue weighted by Crippen LogP contribution is 2.32. The minimum Gasteiger partial charge on any atom is -0.291 e. The number of anilines is 1. The van der Waals surface area contributed by atoms with Gasteiger partial charge < -0.3 is 0 Å². The molecule has 2 aliphatic heterocycles. The molecule has 0 aliphatic carbocycles. The van der Waals surface area contributed by atoms with E-state index in [0.29, 0.717) is 18.2 Å². The lowest BCUT2D eigenvalue weighted by molar-refractivity contribution is -0.114. The van der Waals surface area contributed by atoms with Crippen molar-refractivity contribution in [3.8, 4) is 0 Å². The number of carbonyl (C=O) groups excluding carboxylic acids is 2. The first-order valence-electron chi connectivity index (χ1n) is 8.20. The monoisotopic (exact) mass is 300 g/mol. The molecular formula is C18H24N2O2. The number of hydrogen-bond acceptors (Lipinski definition) is 3. The Hall–Kier alpha value is -1.68. The number of Topliss-reactive ketones (excluding diaryl/α,β-unsaturated/α-hetero) is 1. The quantitative estimate of drug-likeness (QED) is 0.806. The van der Waals surface area contributed by atoms with Crippen molar-refractivity contribution in [2.24, 2.45) is 5.92 Å². The molecule has 2 aliphatic rings. The highest BCUT2D eigenvalue weighted by molar-refractivity contribution is 6.52. The molecular weight excluding hydrogens is 276 g/mol. The molecule has 1 aromatic carbocycles. The fourth-order valence-corrected chi connectivity index (χ4v) is 3.22. The van der Waals surface area contributed by atoms with E-state index < -0.39 is 0 Å². The maximum atomic E-state index is 12.3. The lowest BCUT2D eigenvalue weighted by Gasteiger charge is -2.33. The van der Waals surface area contributed by atoms with Gasteiger partial charge in [0.1, 0.15) is 0 Å². The Morgan fingerprint density at radius 3 is 2.50 bits per heavy atom. The van der Waals surface area contributed by atoms with Gasteiger partial charge in [0.25, 0.3) is 5.78 Å². The molecule has 22 heavy (non-hydrogen) atoms. The van der Waals surface area contributed by atoms with Gasteiger partial charge in [-0.1, -0.05) is 26.8 Å². The number of benzene rings is 1. The minimum absolute atomic E-state index is 0.353. The molecule has 1 fully saturated rings. The highest BCUT2D eigenvalue weighted by atomic mass is 16.2. The largest absolute Gasteiger partial charge is 0.300 e. The third-order valence-electron chi connectivity index (χ3n) is 4.88. The van der Waals surface area contributed by atoms with Gasteiger partial charge in [0.05, 0.1) is 17.9 Å². The van der Waals surface area contributed by atoms with Crippen molar-refractivity contribution in [2.75, 3.05) is 24.7 Å².